The Morgan fingerprint density at radius 3 is 2.50 bits per heavy atom. The van der Waals surface area contributed by atoms with Crippen LogP contribution in [0.15, 0.2) is 42.7 Å². The Hall–Kier alpha value is -2.20. The molecule has 4 heteroatoms. The minimum absolute atomic E-state index is 0.0494. The van der Waals surface area contributed by atoms with Crippen LogP contribution in [0.4, 0.5) is 0 Å². The normalized spacial score (nSPS) is 15.8. The Morgan fingerprint density at radius 1 is 1.14 bits per heavy atom. The van der Waals surface area contributed by atoms with Gasteiger partial charge in [0.25, 0.3) is 5.91 Å². The number of carbonyl (C=O) groups excluding carboxylic acids is 1. The van der Waals surface area contributed by atoms with E-state index in [-0.39, 0.29) is 11.9 Å². The third kappa shape index (κ3) is 3.17. The topological polar surface area (TPSA) is 59.2 Å². The number of hydrogen-bond acceptors (Lipinski definition) is 3. The molecular formula is C18H21N3O. The van der Waals surface area contributed by atoms with Gasteiger partial charge in [-0.15, -0.1) is 0 Å². The van der Waals surface area contributed by atoms with Crippen molar-refractivity contribution in [3.63, 3.8) is 0 Å². The lowest BCUT2D eigenvalue weighted by molar-refractivity contribution is 0.0714. The molecule has 1 fully saturated rings. The number of amides is 1. The van der Waals surface area contributed by atoms with Gasteiger partial charge in [0.2, 0.25) is 0 Å². The fourth-order valence-electron chi connectivity index (χ4n) is 2.75. The number of aromatic nitrogens is 1. The number of nitrogens with two attached hydrogens (primary N) is 1. The van der Waals surface area contributed by atoms with Crippen LogP contribution in [0.1, 0.15) is 28.8 Å². The van der Waals surface area contributed by atoms with Gasteiger partial charge in [-0.3, -0.25) is 9.78 Å². The quantitative estimate of drug-likeness (QED) is 0.926. The summed E-state index contributed by atoms with van der Waals surface area (Å²) in [5.74, 6) is 0.0494. The van der Waals surface area contributed by atoms with Crippen LogP contribution >= 0.6 is 0 Å². The van der Waals surface area contributed by atoms with Gasteiger partial charge in [-0.25, -0.2) is 0 Å². The number of nitrogens with zero attached hydrogens (tertiary/aromatic N) is 2. The Kier molecular flexibility index (Phi) is 4.20. The van der Waals surface area contributed by atoms with Gasteiger partial charge in [0, 0.05) is 37.1 Å². The minimum Gasteiger partial charge on any atom is -0.338 e. The molecule has 2 aromatic rings. The van der Waals surface area contributed by atoms with Crippen molar-refractivity contribution < 1.29 is 4.79 Å². The van der Waals surface area contributed by atoms with Gasteiger partial charge >= 0.3 is 0 Å². The highest BCUT2D eigenvalue weighted by atomic mass is 16.2. The molecule has 0 spiro atoms. The monoisotopic (exact) mass is 295 g/mol. The molecule has 4 nitrogen and oxygen atoms in total. The van der Waals surface area contributed by atoms with Gasteiger partial charge in [0.05, 0.1) is 5.56 Å². The molecule has 1 aromatic heterocycles. The third-order valence-electron chi connectivity index (χ3n) is 4.20. The average molecular weight is 295 g/mol. The van der Waals surface area contributed by atoms with E-state index >= 15 is 0 Å². The smallest absolute Gasteiger partial charge is 0.255 e. The molecule has 2 heterocycles. The Morgan fingerprint density at radius 2 is 1.82 bits per heavy atom. The van der Waals surface area contributed by atoms with Crippen LogP contribution in [0.25, 0.3) is 11.1 Å². The van der Waals surface area contributed by atoms with Crippen LogP contribution in [0.3, 0.4) is 0 Å². The summed E-state index contributed by atoms with van der Waals surface area (Å²) in [4.78, 5) is 18.7. The first-order valence-electron chi connectivity index (χ1n) is 7.70. The number of aryl methyl sites for hydroxylation is 1. The molecule has 0 bridgehead atoms. The van der Waals surface area contributed by atoms with E-state index < -0.39 is 0 Å². The van der Waals surface area contributed by atoms with Crippen molar-refractivity contribution in [3.05, 3.63) is 53.9 Å². The van der Waals surface area contributed by atoms with E-state index in [0.29, 0.717) is 5.56 Å². The molecule has 1 saturated heterocycles. The second-order valence-corrected chi connectivity index (χ2v) is 5.96. The van der Waals surface area contributed by atoms with Crippen molar-refractivity contribution in [1.82, 2.24) is 9.88 Å². The first-order valence-corrected chi connectivity index (χ1v) is 7.70. The van der Waals surface area contributed by atoms with Crippen molar-refractivity contribution in [1.29, 1.82) is 0 Å². The van der Waals surface area contributed by atoms with Gasteiger partial charge in [-0.1, -0.05) is 29.8 Å². The summed E-state index contributed by atoms with van der Waals surface area (Å²) in [5, 5.41) is 0. The van der Waals surface area contributed by atoms with Crippen LogP contribution in [0.2, 0.25) is 0 Å². The standard InChI is InChI=1S/C18H21N3O/c1-13-2-4-14(5-3-13)15-10-16(12-20-11-15)18(22)21-8-6-17(19)7-9-21/h2-5,10-12,17H,6-9,19H2,1H3. The molecule has 1 amide bonds. The maximum absolute atomic E-state index is 12.6. The highest BCUT2D eigenvalue weighted by Crippen LogP contribution is 2.21. The number of hydrogen-bond donors (Lipinski definition) is 1. The van der Waals surface area contributed by atoms with Crippen molar-refractivity contribution in [2.45, 2.75) is 25.8 Å². The molecule has 0 saturated carbocycles. The number of piperidine rings is 1. The van der Waals surface area contributed by atoms with E-state index in [9.17, 15) is 4.79 Å². The van der Waals surface area contributed by atoms with Gasteiger partial charge < -0.3 is 10.6 Å². The number of carbonyl (C=O) groups is 1. The number of rotatable bonds is 2. The third-order valence-corrected chi connectivity index (χ3v) is 4.20. The molecule has 114 valence electrons. The van der Waals surface area contributed by atoms with E-state index in [1.54, 1.807) is 12.4 Å². The van der Waals surface area contributed by atoms with Crippen molar-refractivity contribution >= 4 is 5.91 Å². The van der Waals surface area contributed by atoms with Crippen molar-refractivity contribution in [2.75, 3.05) is 13.1 Å². The number of likely N-dealkylation sites (tertiary alicyclic amines) is 1. The zero-order chi connectivity index (χ0) is 15.5. The number of benzene rings is 1. The van der Waals surface area contributed by atoms with Gasteiger partial charge in [-0.05, 0) is 31.4 Å². The van der Waals surface area contributed by atoms with E-state index in [0.717, 1.165) is 37.1 Å². The predicted molar refractivity (Wildman–Crippen MR) is 87.5 cm³/mol. The van der Waals surface area contributed by atoms with Crippen LogP contribution < -0.4 is 5.73 Å². The summed E-state index contributed by atoms with van der Waals surface area (Å²) < 4.78 is 0. The van der Waals surface area contributed by atoms with Gasteiger partial charge in [0.1, 0.15) is 0 Å². The van der Waals surface area contributed by atoms with E-state index in [2.05, 4.69) is 36.2 Å². The molecular weight excluding hydrogens is 274 g/mol. The molecule has 0 unspecified atom stereocenters. The first kappa shape index (κ1) is 14.7. The van der Waals surface area contributed by atoms with Crippen LogP contribution in [0, 0.1) is 6.92 Å². The Bertz CT molecular complexity index is 658. The molecule has 1 aliphatic rings. The molecule has 1 aromatic carbocycles. The molecule has 1 aliphatic heterocycles. The van der Waals surface area contributed by atoms with Crippen LogP contribution in [-0.4, -0.2) is 34.9 Å². The second kappa shape index (κ2) is 6.28. The summed E-state index contributed by atoms with van der Waals surface area (Å²) in [7, 11) is 0. The lowest BCUT2D eigenvalue weighted by Crippen LogP contribution is -2.42. The maximum Gasteiger partial charge on any atom is 0.255 e. The van der Waals surface area contributed by atoms with E-state index in [1.165, 1.54) is 5.56 Å². The molecule has 22 heavy (non-hydrogen) atoms. The van der Waals surface area contributed by atoms with Gasteiger partial charge in [0.15, 0.2) is 0 Å². The maximum atomic E-state index is 12.6. The first-order chi connectivity index (χ1) is 10.6. The van der Waals surface area contributed by atoms with E-state index in [4.69, 9.17) is 5.73 Å². The summed E-state index contributed by atoms with van der Waals surface area (Å²) in [6.07, 6.45) is 5.19. The molecule has 3 rings (SSSR count). The SMILES string of the molecule is Cc1ccc(-c2cncc(C(=O)N3CCC(N)CC3)c2)cc1. The fourth-order valence-corrected chi connectivity index (χ4v) is 2.75. The van der Waals surface area contributed by atoms with Gasteiger partial charge in [-0.2, -0.15) is 0 Å². The van der Waals surface area contributed by atoms with Crippen molar-refractivity contribution in [3.8, 4) is 11.1 Å². The molecule has 2 N–H and O–H groups in total. The molecule has 0 radical (unpaired) electrons. The second-order valence-electron chi connectivity index (χ2n) is 5.96. The number of pyridine rings is 1. The summed E-state index contributed by atoms with van der Waals surface area (Å²) in [6, 6.07) is 10.4. The summed E-state index contributed by atoms with van der Waals surface area (Å²) >= 11 is 0. The lowest BCUT2D eigenvalue weighted by atomic mass is 10.0. The lowest BCUT2D eigenvalue weighted by Gasteiger charge is -2.30. The zero-order valence-corrected chi connectivity index (χ0v) is 12.8. The summed E-state index contributed by atoms with van der Waals surface area (Å²) in [5.41, 5.74) is 9.81. The Labute approximate surface area is 131 Å². The summed E-state index contributed by atoms with van der Waals surface area (Å²) in [6.45, 7) is 3.52. The minimum atomic E-state index is 0.0494. The largest absolute Gasteiger partial charge is 0.338 e. The van der Waals surface area contributed by atoms with Crippen LogP contribution in [-0.2, 0) is 0 Å². The highest BCUT2D eigenvalue weighted by molar-refractivity contribution is 5.95. The highest BCUT2D eigenvalue weighted by Gasteiger charge is 2.22. The van der Waals surface area contributed by atoms with Crippen LogP contribution in [0.5, 0.6) is 0 Å². The zero-order valence-electron chi connectivity index (χ0n) is 12.8. The van der Waals surface area contributed by atoms with E-state index in [1.807, 2.05) is 11.0 Å². The molecule has 0 atom stereocenters. The molecule has 0 aliphatic carbocycles. The average Bonchev–Trinajstić information content (AvgIpc) is 2.56. The fraction of sp³-hybridized carbons (Fsp3) is 0.333. The Balaban J connectivity index is 1.81. The van der Waals surface area contributed by atoms with Crippen molar-refractivity contribution in [2.24, 2.45) is 5.73 Å². The predicted octanol–water partition coefficient (Wildman–Crippen LogP) is 2.62.